The van der Waals surface area contributed by atoms with Crippen molar-refractivity contribution in [3.63, 3.8) is 0 Å². The van der Waals surface area contributed by atoms with E-state index in [1.165, 1.54) is 0 Å². The molecule has 2 amide bonds. The average Bonchev–Trinajstić information content (AvgIpc) is 3.54. The van der Waals surface area contributed by atoms with Crippen LogP contribution in [0.5, 0.6) is 5.75 Å². The monoisotopic (exact) mass is 440 g/mol. The summed E-state index contributed by atoms with van der Waals surface area (Å²) in [4.78, 5) is 29.3. The summed E-state index contributed by atoms with van der Waals surface area (Å²) in [5.74, 6) is 0.516. The smallest absolute Gasteiger partial charge is 0.309 e. The van der Waals surface area contributed by atoms with Gasteiger partial charge in [-0.05, 0) is 49.2 Å². The summed E-state index contributed by atoms with van der Waals surface area (Å²) in [6.45, 7) is 3.69. The molecule has 1 saturated carbocycles. The summed E-state index contributed by atoms with van der Waals surface area (Å²) in [5.41, 5.74) is 1.16. The molecule has 0 unspecified atom stereocenters. The van der Waals surface area contributed by atoms with Crippen LogP contribution >= 0.6 is 0 Å². The molecule has 32 heavy (non-hydrogen) atoms. The molecule has 4 rings (SSSR count). The topological polar surface area (TPSA) is 87.0 Å². The molecule has 1 saturated heterocycles. The maximum atomic E-state index is 12.4. The van der Waals surface area contributed by atoms with E-state index in [0.29, 0.717) is 6.54 Å². The number of piperazine rings is 1. The van der Waals surface area contributed by atoms with Crippen LogP contribution in [0.15, 0.2) is 47.1 Å². The molecule has 1 aliphatic heterocycles. The Hall–Kier alpha value is -3.00. The third-order valence-electron chi connectivity index (χ3n) is 6.42. The second-order valence-electron chi connectivity index (χ2n) is 8.42. The Kier molecular flexibility index (Phi) is 7.32. The van der Waals surface area contributed by atoms with Crippen LogP contribution in [-0.4, -0.2) is 62.6 Å². The predicted molar refractivity (Wildman–Crippen MR) is 122 cm³/mol. The van der Waals surface area contributed by atoms with Crippen molar-refractivity contribution in [3.05, 3.63) is 48.4 Å². The summed E-state index contributed by atoms with van der Waals surface area (Å²) >= 11 is 0. The number of hydrogen-bond donors (Lipinski definition) is 2. The van der Waals surface area contributed by atoms with Gasteiger partial charge in [-0.3, -0.25) is 14.5 Å². The molecule has 2 N–H and O–H groups in total. The van der Waals surface area contributed by atoms with Gasteiger partial charge in [0.25, 0.3) is 0 Å². The zero-order valence-electron chi connectivity index (χ0n) is 18.6. The van der Waals surface area contributed by atoms with E-state index in [9.17, 15) is 9.59 Å². The maximum absolute atomic E-state index is 12.4. The number of anilines is 1. The van der Waals surface area contributed by atoms with Gasteiger partial charge in [-0.25, -0.2) is 0 Å². The normalized spacial score (nSPS) is 18.3. The molecular formula is C24H32N4O4. The highest BCUT2D eigenvalue weighted by molar-refractivity contribution is 6.35. The summed E-state index contributed by atoms with van der Waals surface area (Å²) in [6, 6.07) is 11.9. The third kappa shape index (κ3) is 5.43. The van der Waals surface area contributed by atoms with Gasteiger partial charge >= 0.3 is 11.8 Å². The van der Waals surface area contributed by atoms with Gasteiger partial charge in [0.2, 0.25) is 0 Å². The first-order valence-electron chi connectivity index (χ1n) is 11.4. The molecule has 0 spiro atoms. The molecular weight excluding hydrogens is 408 g/mol. The van der Waals surface area contributed by atoms with Gasteiger partial charge in [-0.1, -0.05) is 12.8 Å². The van der Waals surface area contributed by atoms with Gasteiger partial charge in [-0.15, -0.1) is 0 Å². The van der Waals surface area contributed by atoms with Gasteiger partial charge in [0, 0.05) is 44.5 Å². The minimum atomic E-state index is -0.578. The number of nitrogens with zero attached hydrogens (tertiary/aromatic N) is 2. The molecule has 2 aromatic rings. The second kappa shape index (κ2) is 10.5. The molecule has 1 aromatic heterocycles. The van der Waals surface area contributed by atoms with Crippen molar-refractivity contribution in [2.24, 2.45) is 0 Å². The predicted octanol–water partition coefficient (Wildman–Crippen LogP) is 2.33. The molecule has 2 fully saturated rings. The number of carbonyl (C=O) groups is 2. The number of amides is 2. The van der Waals surface area contributed by atoms with Crippen molar-refractivity contribution in [2.45, 2.75) is 37.8 Å². The Morgan fingerprint density at radius 3 is 2.41 bits per heavy atom. The number of methoxy groups -OCH3 is 1. The van der Waals surface area contributed by atoms with Gasteiger partial charge in [0.15, 0.2) is 0 Å². The van der Waals surface area contributed by atoms with Crippen molar-refractivity contribution >= 4 is 17.5 Å². The Morgan fingerprint density at radius 1 is 1.06 bits per heavy atom. The van der Waals surface area contributed by atoms with Crippen molar-refractivity contribution < 1.29 is 18.7 Å². The number of rotatable bonds is 7. The van der Waals surface area contributed by atoms with E-state index in [1.807, 2.05) is 24.3 Å². The van der Waals surface area contributed by atoms with Crippen LogP contribution in [0.4, 0.5) is 5.69 Å². The standard InChI is InChI=1S/C24H32N4O4/c1-31-20-10-8-19(9-11-20)27-12-14-28(15-13-27)21(22-7-4-16-32-22)17-25-23(29)24(30)26-18-5-2-3-6-18/h4,7-11,16,18,21H,2-3,5-6,12-15,17H2,1H3,(H,25,29)(H,26,30)/t21-/m0/s1. The van der Waals surface area contributed by atoms with E-state index in [-0.39, 0.29) is 12.1 Å². The van der Waals surface area contributed by atoms with Crippen molar-refractivity contribution in [2.75, 3.05) is 44.7 Å². The average molecular weight is 441 g/mol. The lowest BCUT2D eigenvalue weighted by atomic mass is 10.1. The Bertz CT molecular complexity index is 870. The molecule has 8 heteroatoms. The van der Waals surface area contributed by atoms with E-state index in [1.54, 1.807) is 13.4 Å². The first kappa shape index (κ1) is 22.2. The molecule has 1 aromatic carbocycles. The number of benzene rings is 1. The largest absolute Gasteiger partial charge is 0.497 e. The Labute approximate surface area is 188 Å². The Balaban J connectivity index is 1.33. The minimum absolute atomic E-state index is 0.119. The van der Waals surface area contributed by atoms with Gasteiger partial charge in [0.1, 0.15) is 11.5 Å². The first-order chi connectivity index (χ1) is 15.6. The van der Waals surface area contributed by atoms with Crippen molar-refractivity contribution in [1.82, 2.24) is 15.5 Å². The van der Waals surface area contributed by atoms with E-state index in [2.05, 4.69) is 32.6 Å². The van der Waals surface area contributed by atoms with Crippen LogP contribution in [0.1, 0.15) is 37.5 Å². The number of ether oxygens (including phenoxy) is 1. The SMILES string of the molecule is COc1ccc(N2CCN([C@@H](CNC(=O)C(=O)NC3CCCC3)c3ccco3)CC2)cc1. The highest BCUT2D eigenvalue weighted by atomic mass is 16.5. The second-order valence-corrected chi connectivity index (χ2v) is 8.42. The number of furan rings is 1. The molecule has 8 nitrogen and oxygen atoms in total. The van der Waals surface area contributed by atoms with E-state index in [4.69, 9.17) is 9.15 Å². The van der Waals surface area contributed by atoms with Crippen LogP contribution in [-0.2, 0) is 9.59 Å². The summed E-state index contributed by atoms with van der Waals surface area (Å²) < 4.78 is 10.9. The fourth-order valence-electron chi connectivity index (χ4n) is 4.57. The zero-order valence-corrected chi connectivity index (χ0v) is 18.6. The highest BCUT2D eigenvalue weighted by Gasteiger charge is 2.29. The van der Waals surface area contributed by atoms with Crippen LogP contribution in [0, 0.1) is 0 Å². The summed E-state index contributed by atoms with van der Waals surface area (Å²) in [5, 5.41) is 5.66. The van der Waals surface area contributed by atoms with Crippen LogP contribution in [0.25, 0.3) is 0 Å². The third-order valence-corrected chi connectivity index (χ3v) is 6.42. The molecule has 2 aliphatic rings. The number of hydrogen-bond acceptors (Lipinski definition) is 6. The quantitative estimate of drug-likeness (QED) is 0.643. The van der Waals surface area contributed by atoms with E-state index < -0.39 is 11.8 Å². The van der Waals surface area contributed by atoms with Crippen molar-refractivity contribution in [1.29, 1.82) is 0 Å². The van der Waals surface area contributed by atoms with Gasteiger partial charge in [0.05, 0.1) is 19.4 Å². The maximum Gasteiger partial charge on any atom is 0.309 e. The van der Waals surface area contributed by atoms with Gasteiger partial charge < -0.3 is 24.7 Å². The lowest BCUT2D eigenvalue weighted by Gasteiger charge is -2.39. The van der Waals surface area contributed by atoms with Crippen LogP contribution in [0.3, 0.4) is 0 Å². The summed E-state index contributed by atoms with van der Waals surface area (Å²) in [7, 11) is 1.67. The summed E-state index contributed by atoms with van der Waals surface area (Å²) in [6.07, 6.45) is 5.76. The van der Waals surface area contributed by atoms with Crippen LogP contribution < -0.4 is 20.3 Å². The first-order valence-corrected chi connectivity index (χ1v) is 11.4. The van der Waals surface area contributed by atoms with E-state index in [0.717, 1.165) is 69.1 Å². The molecule has 172 valence electrons. The highest BCUT2D eigenvalue weighted by Crippen LogP contribution is 2.25. The van der Waals surface area contributed by atoms with Crippen molar-refractivity contribution in [3.8, 4) is 5.75 Å². The Morgan fingerprint density at radius 2 is 1.78 bits per heavy atom. The molecule has 2 heterocycles. The minimum Gasteiger partial charge on any atom is -0.497 e. The van der Waals surface area contributed by atoms with Crippen LogP contribution in [0.2, 0.25) is 0 Å². The number of carbonyl (C=O) groups excluding carboxylic acids is 2. The van der Waals surface area contributed by atoms with Gasteiger partial charge in [-0.2, -0.15) is 0 Å². The lowest BCUT2D eigenvalue weighted by molar-refractivity contribution is -0.139. The molecule has 1 atom stereocenters. The van der Waals surface area contributed by atoms with E-state index >= 15 is 0 Å². The fourth-order valence-corrected chi connectivity index (χ4v) is 4.57. The number of nitrogens with one attached hydrogen (secondary N) is 2. The fraction of sp³-hybridized carbons (Fsp3) is 0.500. The zero-order chi connectivity index (χ0) is 22.3. The molecule has 0 bridgehead atoms. The lowest BCUT2D eigenvalue weighted by Crippen LogP contribution is -2.51. The molecule has 0 radical (unpaired) electrons. The molecule has 1 aliphatic carbocycles.